The van der Waals surface area contributed by atoms with E-state index in [1.165, 1.54) is 0 Å². The molecule has 0 aliphatic rings. The number of anilines is 1. The number of nitrogens with one attached hydrogen (secondary N) is 1. The fraction of sp³-hybridized carbons (Fsp3) is 0.0400. The third-order valence-electron chi connectivity index (χ3n) is 4.99. The highest BCUT2D eigenvalue weighted by molar-refractivity contribution is 6.04. The van der Waals surface area contributed by atoms with Crippen molar-refractivity contribution >= 4 is 11.6 Å². The topological polar surface area (TPSA) is 86.9 Å². The van der Waals surface area contributed by atoms with Crippen LogP contribution in [0.5, 0.6) is 11.5 Å². The number of pyridine rings is 1. The van der Waals surface area contributed by atoms with Gasteiger partial charge >= 0.3 is 0 Å². The maximum absolute atomic E-state index is 12.7. The number of amides is 1. The van der Waals surface area contributed by atoms with E-state index in [0.717, 1.165) is 16.9 Å². The highest BCUT2D eigenvalue weighted by Gasteiger charge is 2.09. The molecule has 0 bridgehead atoms. The zero-order chi connectivity index (χ0) is 22.6. The molecule has 5 aromatic rings. The molecule has 162 valence electrons. The number of aryl methyl sites for hydroxylation is 1. The number of nitrogens with zero attached hydrogens (tertiary/aromatic N) is 5. The normalized spacial score (nSPS) is 10.7. The third-order valence-corrected chi connectivity index (χ3v) is 4.99. The van der Waals surface area contributed by atoms with Crippen LogP contribution in [-0.2, 0) is 7.05 Å². The van der Waals surface area contributed by atoms with Gasteiger partial charge in [-0.25, -0.2) is 4.98 Å². The standard InChI is InChI=1S/C25H20N6O2/c1-30-16-19(15-28-30)24-14-23(9-10-27-24)33-22-4-2-3-20(13-22)29-25(32)18-5-7-21(8-6-18)31-12-11-26-17-31/h2-17H,1H3,(H,29,32). The summed E-state index contributed by atoms with van der Waals surface area (Å²) in [6, 6.07) is 18.2. The summed E-state index contributed by atoms with van der Waals surface area (Å²) in [5, 5.41) is 7.10. The second kappa shape index (κ2) is 8.80. The van der Waals surface area contributed by atoms with Crippen LogP contribution in [0.15, 0.2) is 98.0 Å². The van der Waals surface area contributed by atoms with Crippen molar-refractivity contribution in [1.82, 2.24) is 24.3 Å². The predicted molar refractivity (Wildman–Crippen MR) is 124 cm³/mol. The molecule has 0 saturated carbocycles. The second-order valence-corrected chi connectivity index (χ2v) is 7.38. The van der Waals surface area contributed by atoms with Crippen LogP contribution in [0.2, 0.25) is 0 Å². The first-order chi connectivity index (χ1) is 16.1. The second-order valence-electron chi connectivity index (χ2n) is 7.38. The van der Waals surface area contributed by atoms with Gasteiger partial charge in [0.05, 0.1) is 18.2 Å². The van der Waals surface area contributed by atoms with Crippen LogP contribution in [0.4, 0.5) is 5.69 Å². The van der Waals surface area contributed by atoms with Crippen molar-refractivity contribution in [2.24, 2.45) is 7.05 Å². The molecule has 0 aliphatic carbocycles. The van der Waals surface area contributed by atoms with E-state index in [9.17, 15) is 4.79 Å². The van der Waals surface area contributed by atoms with Gasteiger partial charge in [0.1, 0.15) is 11.5 Å². The maximum atomic E-state index is 12.7. The number of hydrogen-bond donors (Lipinski definition) is 1. The number of hydrogen-bond acceptors (Lipinski definition) is 5. The Bertz CT molecular complexity index is 1390. The molecular formula is C25H20N6O2. The van der Waals surface area contributed by atoms with Crippen LogP contribution < -0.4 is 10.1 Å². The van der Waals surface area contributed by atoms with Gasteiger partial charge in [-0.2, -0.15) is 5.10 Å². The first-order valence-electron chi connectivity index (χ1n) is 10.3. The molecule has 0 atom stereocenters. The van der Waals surface area contributed by atoms with Crippen LogP contribution in [0, 0.1) is 0 Å². The van der Waals surface area contributed by atoms with Gasteiger partial charge in [0.2, 0.25) is 0 Å². The number of ether oxygens (including phenoxy) is 1. The Balaban J connectivity index is 1.28. The fourth-order valence-corrected chi connectivity index (χ4v) is 3.36. The molecule has 3 aromatic heterocycles. The highest BCUT2D eigenvalue weighted by atomic mass is 16.5. The zero-order valence-corrected chi connectivity index (χ0v) is 17.8. The summed E-state index contributed by atoms with van der Waals surface area (Å²) in [5.41, 5.74) is 3.80. The van der Waals surface area contributed by atoms with Crippen LogP contribution in [0.1, 0.15) is 10.4 Å². The van der Waals surface area contributed by atoms with Crippen LogP contribution >= 0.6 is 0 Å². The lowest BCUT2D eigenvalue weighted by molar-refractivity contribution is 0.102. The van der Waals surface area contributed by atoms with E-state index in [2.05, 4.69) is 20.4 Å². The first kappa shape index (κ1) is 20.2. The Kier molecular flexibility index (Phi) is 5.38. The third kappa shape index (κ3) is 4.64. The van der Waals surface area contributed by atoms with Gasteiger partial charge in [0, 0.05) is 66.5 Å². The van der Waals surface area contributed by atoms with E-state index in [1.54, 1.807) is 53.9 Å². The van der Waals surface area contributed by atoms with Crippen molar-refractivity contribution in [2.45, 2.75) is 0 Å². The molecule has 1 N–H and O–H groups in total. The molecular weight excluding hydrogens is 416 g/mol. The number of rotatable bonds is 6. The van der Waals surface area contributed by atoms with E-state index in [-0.39, 0.29) is 5.91 Å². The molecule has 0 spiro atoms. The van der Waals surface area contributed by atoms with Gasteiger partial charge in [-0.1, -0.05) is 6.07 Å². The monoisotopic (exact) mass is 436 g/mol. The maximum Gasteiger partial charge on any atom is 0.255 e. The molecule has 2 aromatic carbocycles. The molecule has 8 heteroatoms. The largest absolute Gasteiger partial charge is 0.457 e. The molecule has 3 heterocycles. The Labute approximate surface area is 190 Å². The lowest BCUT2D eigenvalue weighted by Crippen LogP contribution is -2.11. The zero-order valence-electron chi connectivity index (χ0n) is 17.8. The van der Waals surface area contributed by atoms with Gasteiger partial charge in [0.25, 0.3) is 5.91 Å². The molecule has 33 heavy (non-hydrogen) atoms. The van der Waals surface area contributed by atoms with Crippen LogP contribution in [-0.4, -0.2) is 30.2 Å². The van der Waals surface area contributed by atoms with E-state index in [1.807, 2.05) is 60.4 Å². The molecule has 0 aliphatic heterocycles. The Hall–Kier alpha value is -4.72. The Morgan fingerprint density at radius 3 is 2.61 bits per heavy atom. The number of benzene rings is 2. The summed E-state index contributed by atoms with van der Waals surface area (Å²) in [7, 11) is 1.86. The van der Waals surface area contributed by atoms with E-state index < -0.39 is 0 Å². The van der Waals surface area contributed by atoms with Crippen LogP contribution in [0.25, 0.3) is 16.9 Å². The minimum absolute atomic E-state index is 0.202. The van der Waals surface area contributed by atoms with E-state index in [4.69, 9.17) is 4.74 Å². The quantitative estimate of drug-likeness (QED) is 0.416. The minimum atomic E-state index is -0.202. The molecule has 5 rings (SSSR count). The average Bonchev–Trinajstić information content (AvgIpc) is 3.52. The smallest absolute Gasteiger partial charge is 0.255 e. The molecule has 0 radical (unpaired) electrons. The van der Waals surface area contributed by atoms with Gasteiger partial charge in [0.15, 0.2) is 0 Å². The van der Waals surface area contributed by atoms with Gasteiger partial charge < -0.3 is 14.6 Å². The summed E-state index contributed by atoms with van der Waals surface area (Å²) in [6.07, 6.45) is 10.6. The van der Waals surface area contributed by atoms with Gasteiger partial charge in [-0.05, 0) is 42.5 Å². The highest BCUT2D eigenvalue weighted by Crippen LogP contribution is 2.27. The summed E-state index contributed by atoms with van der Waals surface area (Å²) < 4.78 is 9.61. The summed E-state index contributed by atoms with van der Waals surface area (Å²) in [4.78, 5) is 21.1. The SMILES string of the molecule is Cn1cc(-c2cc(Oc3cccc(NC(=O)c4ccc(-n5ccnc5)cc4)c3)ccn2)cn1. The number of carbonyl (C=O) groups excluding carboxylic acids is 1. The van der Waals surface area contributed by atoms with Gasteiger partial charge in [-0.15, -0.1) is 0 Å². The van der Waals surface area contributed by atoms with E-state index in [0.29, 0.717) is 22.7 Å². The van der Waals surface area contributed by atoms with Crippen molar-refractivity contribution in [2.75, 3.05) is 5.32 Å². The summed E-state index contributed by atoms with van der Waals surface area (Å²) in [6.45, 7) is 0. The lowest BCUT2D eigenvalue weighted by atomic mass is 10.2. The summed E-state index contributed by atoms with van der Waals surface area (Å²) in [5.74, 6) is 1.04. The van der Waals surface area contributed by atoms with Crippen molar-refractivity contribution in [3.63, 3.8) is 0 Å². The Morgan fingerprint density at radius 2 is 1.85 bits per heavy atom. The molecule has 0 fully saturated rings. The molecule has 1 amide bonds. The Morgan fingerprint density at radius 1 is 1.00 bits per heavy atom. The predicted octanol–water partition coefficient (Wildman–Crippen LogP) is 4.71. The number of carbonyl (C=O) groups is 1. The van der Waals surface area contributed by atoms with Crippen molar-refractivity contribution in [3.8, 4) is 28.4 Å². The van der Waals surface area contributed by atoms with Crippen molar-refractivity contribution < 1.29 is 9.53 Å². The molecule has 0 saturated heterocycles. The van der Waals surface area contributed by atoms with Crippen LogP contribution in [0.3, 0.4) is 0 Å². The number of aromatic nitrogens is 5. The minimum Gasteiger partial charge on any atom is -0.457 e. The fourth-order valence-electron chi connectivity index (χ4n) is 3.36. The summed E-state index contributed by atoms with van der Waals surface area (Å²) >= 11 is 0. The average molecular weight is 436 g/mol. The van der Waals surface area contributed by atoms with Crippen molar-refractivity contribution in [1.29, 1.82) is 0 Å². The van der Waals surface area contributed by atoms with Crippen molar-refractivity contribution in [3.05, 3.63) is 104 Å². The lowest BCUT2D eigenvalue weighted by Gasteiger charge is -2.10. The van der Waals surface area contributed by atoms with E-state index >= 15 is 0 Å². The molecule has 8 nitrogen and oxygen atoms in total. The number of imidazole rings is 1. The first-order valence-corrected chi connectivity index (χ1v) is 10.3. The molecule has 0 unspecified atom stereocenters. The van der Waals surface area contributed by atoms with Gasteiger partial charge in [-0.3, -0.25) is 14.5 Å².